The summed E-state index contributed by atoms with van der Waals surface area (Å²) in [4.78, 5) is 26.6. The first-order valence-electron chi connectivity index (χ1n) is 8.45. The standard InChI is InChI=1S/C18H26BrN3O2/c1-22(2)12-11-20-17(23)13-7-9-14(10-8-13)18(24)21-16-6-4-3-5-15(16)19/h3-6,13-14H,7-12H2,1-2H3,(H,20,23)(H,21,24). The maximum atomic E-state index is 12.4. The molecule has 2 amide bonds. The minimum absolute atomic E-state index is 0.0112. The fourth-order valence-corrected chi connectivity index (χ4v) is 3.35. The minimum Gasteiger partial charge on any atom is -0.355 e. The maximum Gasteiger partial charge on any atom is 0.227 e. The molecule has 1 aliphatic rings. The lowest BCUT2D eigenvalue weighted by molar-refractivity contribution is -0.128. The van der Waals surface area contributed by atoms with Gasteiger partial charge in [0.1, 0.15) is 0 Å². The Morgan fingerprint density at radius 2 is 1.67 bits per heavy atom. The number of halogens is 1. The molecular formula is C18H26BrN3O2. The van der Waals surface area contributed by atoms with Crippen LogP contribution in [0.1, 0.15) is 25.7 Å². The molecule has 0 aliphatic heterocycles. The fraction of sp³-hybridized carbons (Fsp3) is 0.556. The number of likely N-dealkylation sites (N-methyl/N-ethyl adjacent to an activating group) is 1. The molecule has 0 atom stereocenters. The number of hydrogen-bond acceptors (Lipinski definition) is 3. The Morgan fingerprint density at radius 3 is 2.25 bits per heavy atom. The molecule has 1 aromatic carbocycles. The number of carbonyl (C=O) groups is 2. The van der Waals surface area contributed by atoms with E-state index in [4.69, 9.17) is 0 Å². The van der Waals surface area contributed by atoms with Gasteiger partial charge in [-0.05, 0) is 67.8 Å². The first-order valence-corrected chi connectivity index (χ1v) is 9.24. The Kier molecular flexibility index (Phi) is 7.24. The summed E-state index contributed by atoms with van der Waals surface area (Å²) >= 11 is 3.44. The van der Waals surface area contributed by atoms with Gasteiger partial charge in [-0.15, -0.1) is 0 Å². The molecule has 24 heavy (non-hydrogen) atoms. The highest BCUT2D eigenvalue weighted by Crippen LogP contribution is 2.30. The van der Waals surface area contributed by atoms with Crippen LogP contribution in [0.2, 0.25) is 0 Å². The Balaban J connectivity index is 1.76. The van der Waals surface area contributed by atoms with Crippen molar-refractivity contribution in [2.24, 2.45) is 11.8 Å². The van der Waals surface area contributed by atoms with E-state index in [1.807, 2.05) is 43.3 Å². The van der Waals surface area contributed by atoms with E-state index in [9.17, 15) is 9.59 Å². The van der Waals surface area contributed by atoms with E-state index in [0.717, 1.165) is 42.4 Å². The highest BCUT2D eigenvalue weighted by atomic mass is 79.9. The third kappa shape index (κ3) is 5.60. The van der Waals surface area contributed by atoms with Crippen LogP contribution in [-0.2, 0) is 9.59 Å². The molecule has 132 valence electrons. The third-order valence-electron chi connectivity index (χ3n) is 4.46. The summed E-state index contributed by atoms with van der Waals surface area (Å²) in [6, 6.07) is 7.60. The average molecular weight is 396 g/mol. The summed E-state index contributed by atoms with van der Waals surface area (Å²) in [6.07, 6.45) is 3.09. The number of nitrogens with zero attached hydrogens (tertiary/aromatic N) is 1. The van der Waals surface area contributed by atoms with Crippen molar-refractivity contribution in [2.45, 2.75) is 25.7 Å². The van der Waals surface area contributed by atoms with Gasteiger partial charge >= 0.3 is 0 Å². The first kappa shape index (κ1) is 18.9. The summed E-state index contributed by atoms with van der Waals surface area (Å²) in [6.45, 7) is 1.52. The first-order chi connectivity index (χ1) is 11.5. The Labute approximate surface area is 152 Å². The van der Waals surface area contributed by atoms with Crippen LogP contribution in [-0.4, -0.2) is 43.9 Å². The zero-order valence-corrected chi connectivity index (χ0v) is 15.9. The van der Waals surface area contributed by atoms with Crippen molar-refractivity contribution in [3.05, 3.63) is 28.7 Å². The van der Waals surface area contributed by atoms with Gasteiger partial charge in [0.15, 0.2) is 0 Å². The highest BCUT2D eigenvalue weighted by Gasteiger charge is 2.29. The van der Waals surface area contributed by atoms with E-state index >= 15 is 0 Å². The number of benzene rings is 1. The van der Waals surface area contributed by atoms with Gasteiger partial charge in [-0.25, -0.2) is 0 Å². The molecule has 1 fully saturated rings. The van der Waals surface area contributed by atoms with Crippen molar-refractivity contribution >= 4 is 33.4 Å². The predicted octanol–water partition coefficient (Wildman–Crippen LogP) is 2.87. The van der Waals surface area contributed by atoms with Crippen LogP contribution >= 0.6 is 15.9 Å². The molecular weight excluding hydrogens is 370 g/mol. The second kappa shape index (κ2) is 9.18. The Hall–Kier alpha value is -1.40. The van der Waals surface area contributed by atoms with Gasteiger partial charge in [0.2, 0.25) is 11.8 Å². The summed E-state index contributed by atoms with van der Waals surface area (Å²) in [5.74, 6) is 0.206. The number of nitrogens with one attached hydrogen (secondary N) is 2. The molecule has 2 N–H and O–H groups in total. The lowest BCUT2D eigenvalue weighted by Gasteiger charge is -2.27. The van der Waals surface area contributed by atoms with Crippen LogP contribution in [0.25, 0.3) is 0 Å². The second-order valence-corrected chi connectivity index (χ2v) is 7.47. The zero-order chi connectivity index (χ0) is 17.5. The minimum atomic E-state index is -0.0112. The molecule has 1 aliphatic carbocycles. The number of hydrogen-bond donors (Lipinski definition) is 2. The number of carbonyl (C=O) groups excluding carboxylic acids is 2. The molecule has 0 heterocycles. The summed E-state index contributed by atoms with van der Waals surface area (Å²) in [7, 11) is 3.97. The zero-order valence-electron chi connectivity index (χ0n) is 14.3. The van der Waals surface area contributed by atoms with Crippen molar-refractivity contribution in [1.29, 1.82) is 0 Å². The van der Waals surface area contributed by atoms with Crippen LogP contribution in [0, 0.1) is 11.8 Å². The number of anilines is 1. The van der Waals surface area contributed by atoms with Crippen LogP contribution in [0.5, 0.6) is 0 Å². The molecule has 0 bridgehead atoms. The van der Waals surface area contributed by atoms with Gasteiger partial charge in [0, 0.05) is 29.4 Å². The van der Waals surface area contributed by atoms with E-state index < -0.39 is 0 Å². The van der Waals surface area contributed by atoms with Gasteiger partial charge < -0.3 is 15.5 Å². The molecule has 0 aromatic heterocycles. The third-order valence-corrected chi connectivity index (χ3v) is 5.15. The van der Waals surface area contributed by atoms with Crippen molar-refractivity contribution in [2.75, 3.05) is 32.5 Å². The van der Waals surface area contributed by atoms with Crippen LogP contribution in [0.4, 0.5) is 5.69 Å². The fourth-order valence-electron chi connectivity index (χ4n) is 2.96. The van der Waals surface area contributed by atoms with Crippen LogP contribution in [0.15, 0.2) is 28.7 Å². The van der Waals surface area contributed by atoms with E-state index in [2.05, 4.69) is 26.6 Å². The summed E-state index contributed by atoms with van der Waals surface area (Å²) in [5, 5.41) is 5.97. The molecule has 0 spiro atoms. The van der Waals surface area contributed by atoms with Gasteiger partial charge in [0.05, 0.1) is 5.69 Å². The molecule has 2 rings (SSSR count). The van der Waals surface area contributed by atoms with Crippen molar-refractivity contribution in [1.82, 2.24) is 10.2 Å². The highest BCUT2D eigenvalue weighted by molar-refractivity contribution is 9.10. The smallest absolute Gasteiger partial charge is 0.227 e. The molecule has 6 heteroatoms. The van der Waals surface area contributed by atoms with E-state index in [-0.39, 0.29) is 23.7 Å². The van der Waals surface area contributed by atoms with E-state index in [1.54, 1.807) is 0 Å². The quantitative estimate of drug-likeness (QED) is 0.778. The predicted molar refractivity (Wildman–Crippen MR) is 99.8 cm³/mol. The Morgan fingerprint density at radius 1 is 1.08 bits per heavy atom. The molecule has 0 radical (unpaired) electrons. The lowest BCUT2D eigenvalue weighted by Crippen LogP contribution is -2.38. The molecule has 1 saturated carbocycles. The SMILES string of the molecule is CN(C)CCNC(=O)C1CCC(C(=O)Nc2ccccc2Br)CC1. The molecule has 0 unspecified atom stereocenters. The Bertz CT molecular complexity index is 569. The summed E-state index contributed by atoms with van der Waals surface area (Å²) in [5.41, 5.74) is 0.797. The maximum absolute atomic E-state index is 12.4. The van der Waals surface area contributed by atoms with Crippen molar-refractivity contribution in [3.63, 3.8) is 0 Å². The lowest BCUT2D eigenvalue weighted by atomic mass is 9.81. The largest absolute Gasteiger partial charge is 0.355 e. The normalized spacial score (nSPS) is 20.7. The van der Waals surface area contributed by atoms with Crippen molar-refractivity contribution < 1.29 is 9.59 Å². The topological polar surface area (TPSA) is 61.4 Å². The van der Waals surface area contributed by atoms with Gasteiger partial charge in [-0.1, -0.05) is 12.1 Å². The van der Waals surface area contributed by atoms with Gasteiger partial charge in [-0.3, -0.25) is 9.59 Å². The van der Waals surface area contributed by atoms with Gasteiger partial charge in [0.25, 0.3) is 0 Å². The van der Waals surface area contributed by atoms with Crippen LogP contribution in [0.3, 0.4) is 0 Å². The molecule has 0 saturated heterocycles. The number of para-hydroxylation sites is 1. The second-order valence-electron chi connectivity index (χ2n) is 6.61. The number of rotatable bonds is 6. The van der Waals surface area contributed by atoms with E-state index in [0.29, 0.717) is 6.54 Å². The van der Waals surface area contributed by atoms with Crippen LogP contribution < -0.4 is 10.6 Å². The monoisotopic (exact) mass is 395 g/mol. The van der Waals surface area contributed by atoms with Crippen molar-refractivity contribution in [3.8, 4) is 0 Å². The van der Waals surface area contributed by atoms with Gasteiger partial charge in [-0.2, -0.15) is 0 Å². The molecule has 5 nitrogen and oxygen atoms in total. The average Bonchev–Trinajstić information content (AvgIpc) is 2.56. The number of amides is 2. The summed E-state index contributed by atoms with van der Waals surface area (Å²) < 4.78 is 0.882. The molecule has 1 aromatic rings. The van der Waals surface area contributed by atoms with E-state index in [1.165, 1.54) is 0 Å².